The van der Waals surface area contributed by atoms with Crippen LogP contribution in [0.4, 0.5) is 0 Å². The Morgan fingerprint density at radius 3 is 0.500 bits per heavy atom. The summed E-state index contributed by atoms with van der Waals surface area (Å²) in [6, 6.07) is 0. The molecule has 0 bridgehead atoms. The predicted molar refractivity (Wildman–Crippen MR) is 14.5 cm³/mol. The molecule has 0 aromatic heterocycles. The Labute approximate surface area is 83.1 Å². The van der Waals surface area contributed by atoms with Crippen molar-refractivity contribution in [3.8, 4) is 0 Å². The molecule has 0 heterocycles. The molecule has 0 fully saturated rings. The smallest absolute Gasteiger partial charge is 0.412 e. The van der Waals surface area contributed by atoms with E-state index in [0.29, 0.717) is 0 Å². The molecule has 0 radical (unpaired) electrons. The Hall–Kier alpha value is 1.94. The standard InChI is InChI=1S/4H2O.2U/h4*1H2;;/q;;;;;+4. The SMILES string of the molecule is O.O.O.O.[U+4].[U]. The minimum atomic E-state index is 0. The van der Waals surface area contributed by atoms with Crippen molar-refractivity contribution in [3.63, 3.8) is 0 Å². The molecule has 0 aliphatic carbocycles. The maximum absolute atomic E-state index is 0. The van der Waals surface area contributed by atoms with Crippen molar-refractivity contribution in [2.24, 2.45) is 0 Å². The van der Waals surface area contributed by atoms with Crippen molar-refractivity contribution in [3.05, 3.63) is 0 Å². The van der Waals surface area contributed by atoms with E-state index in [-0.39, 0.29) is 84.1 Å². The van der Waals surface area contributed by atoms with E-state index in [1.54, 1.807) is 0 Å². The average Bonchev–Trinajstić information content (AvgIpc) is 0. The van der Waals surface area contributed by atoms with E-state index in [2.05, 4.69) is 0 Å². The summed E-state index contributed by atoms with van der Waals surface area (Å²) in [6.07, 6.45) is 0. The zero-order chi connectivity index (χ0) is 0. The van der Waals surface area contributed by atoms with E-state index >= 15 is 0 Å². The molecule has 0 unspecified atom stereocenters. The molecular weight excluding hydrogens is 540 g/mol. The monoisotopic (exact) mass is 548 g/mol. The molecule has 6 heteroatoms. The third kappa shape index (κ3) is 38.4. The number of hydrogen-bond donors (Lipinski definition) is 0. The van der Waals surface area contributed by atoms with Crippen LogP contribution in [0.3, 0.4) is 0 Å². The number of rotatable bonds is 0. The second kappa shape index (κ2) is 64.9. The molecule has 0 saturated carbocycles. The molecular formula is H8O4U2+4. The van der Waals surface area contributed by atoms with Gasteiger partial charge in [-0.05, 0) is 0 Å². The fourth-order valence-corrected chi connectivity index (χ4v) is 0. The molecule has 0 aliphatic heterocycles. The van der Waals surface area contributed by atoms with Crippen LogP contribution in [0.1, 0.15) is 0 Å². The summed E-state index contributed by atoms with van der Waals surface area (Å²) in [5.74, 6) is 0. The van der Waals surface area contributed by atoms with E-state index in [0.717, 1.165) is 0 Å². The van der Waals surface area contributed by atoms with Gasteiger partial charge in [-0.3, -0.25) is 0 Å². The molecule has 0 amide bonds. The topological polar surface area (TPSA) is 126 Å². The van der Waals surface area contributed by atoms with Crippen LogP contribution in [0, 0.1) is 62.2 Å². The minimum Gasteiger partial charge on any atom is -0.412 e. The van der Waals surface area contributed by atoms with Gasteiger partial charge in [-0.15, -0.1) is 0 Å². The van der Waals surface area contributed by atoms with Crippen LogP contribution in [0.5, 0.6) is 0 Å². The summed E-state index contributed by atoms with van der Waals surface area (Å²) in [7, 11) is 0. The van der Waals surface area contributed by atoms with Gasteiger partial charge in [-0.1, -0.05) is 0 Å². The van der Waals surface area contributed by atoms with Gasteiger partial charge in [0.15, 0.2) is 0 Å². The normalized spacial score (nSPS) is 0. The summed E-state index contributed by atoms with van der Waals surface area (Å²) >= 11 is 0. The van der Waals surface area contributed by atoms with Crippen molar-refractivity contribution in [2.75, 3.05) is 0 Å². The third-order valence-corrected chi connectivity index (χ3v) is 0. The predicted octanol–water partition coefficient (Wildman–Crippen LogP) is -3.30. The van der Waals surface area contributed by atoms with Gasteiger partial charge >= 0.3 is 31.1 Å². The largest absolute Gasteiger partial charge is 4.00 e. The molecule has 4 nitrogen and oxygen atoms in total. The first-order valence-corrected chi connectivity index (χ1v) is 0. The zero-order valence-electron chi connectivity index (χ0n) is 3.00. The fourth-order valence-electron chi connectivity index (χ4n) is 0. The zero-order valence-corrected chi connectivity index (χ0v) is 11.3. The average molecular weight is 548 g/mol. The van der Waals surface area contributed by atoms with Crippen LogP contribution in [0.2, 0.25) is 0 Å². The van der Waals surface area contributed by atoms with E-state index in [4.69, 9.17) is 0 Å². The van der Waals surface area contributed by atoms with Gasteiger partial charge < -0.3 is 21.9 Å². The van der Waals surface area contributed by atoms with Crippen LogP contribution < -0.4 is 0 Å². The molecule has 0 atom stereocenters. The van der Waals surface area contributed by atoms with E-state index in [1.807, 2.05) is 0 Å². The first-order valence-electron chi connectivity index (χ1n) is 0. The quantitative estimate of drug-likeness (QED) is 0.301. The molecule has 0 saturated heterocycles. The maximum atomic E-state index is 0. The summed E-state index contributed by atoms with van der Waals surface area (Å²) in [5.41, 5.74) is 0. The van der Waals surface area contributed by atoms with Crippen LogP contribution >= 0.6 is 0 Å². The van der Waals surface area contributed by atoms with E-state index in [9.17, 15) is 0 Å². The Morgan fingerprint density at radius 2 is 0.500 bits per heavy atom. The third-order valence-electron chi connectivity index (χ3n) is 0. The minimum absolute atomic E-state index is 0. The van der Waals surface area contributed by atoms with Crippen LogP contribution in [-0.4, -0.2) is 21.9 Å². The van der Waals surface area contributed by atoms with Gasteiger partial charge in [-0.2, -0.15) is 0 Å². The van der Waals surface area contributed by atoms with Crippen molar-refractivity contribution < 1.29 is 84.1 Å². The second-order valence-corrected chi connectivity index (χ2v) is 0. The van der Waals surface area contributed by atoms with Gasteiger partial charge in [0, 0.05) is 31.1 Å². The molecule has 36 valence electrons. The van der Waals surface area contributed by atoms with Gasteiger partial charge in [0.25, 0.3) is 0 Å². The molecule has 0 aromatic carbocycles. The Kier molecular flexibility index (Phi) is 1100. The molecule has 0 aliphatic rings. The van der Waals surface area contributed by atoms with Gasteiger partial charge in [0.1, 0.15) is 0 Å². The van der Waals surface area contributed by atoms with Crippen molar-refractivity contribution in [2.45, 2.75) is 0 Å². The van der Waals surface area contributed by atoms with Gasteiger partial charge in [-0.25, -0.2) is 0 Å². The summed E-state index contributed by atoms with van der Waals surface area (Å²) < 4.78 is 0. The molecule has 6 heavy (non-hydrogen) atoms. The first kappa shape index (κ1) is 101. The van der Waals surface area contributed by atoms with Crippen LogP contribution in [0.15, 0.2) is 0 Å². The van der Waals surface area contributed by atoms with Crippen molar-refractivity contribution in [1.82, 2.24) is 0 Å². The molecule has 0 spiro atoms. The number of hydrogen-bond acceptors (Lipinski definition) is 0. The van der Waals surface area contributed by atoms with Crippen LogP contribution in [-0.2, 0) is 0 Å². The first-order chi connectivity index (χ1) is 0. The van der Waals surface area contributed by atoms with Crippen molar-refractivity contribution in [1.29, 1.82) is 0 Å². The van der Waals surface area contributed by atoms with E-state index < -0.39 is 0 Å². The summed E-state index contributed by atoms with van der Waals surface area (Å²) in [5, 5.41) is 0. The Balaban J connectivity index is 0. The van der Waals surface area contributed by atoms with E-state index in [1.165, 1.54) is 0 Å². The van der Waals surface area contributed by atoms with Crippen LogP contribution in [0.25, 0.3) is 0 Å². The Bertz CT molecular complexity index is 5.51. The summed E-state index contributed by atoms with van der Waals surface area (Å²) in [6.45, 7) is 0. The maximum Gasteiger partial charge on any atom is 4.00 e. The second-order valence-electron chi connectivity index (χ2n) is 0. The fraction of sp³-hybridized carbons (Fsp3) is 0. The molecule has 0 aromatic rings. The van der Waals surface area contributed by atoms with Gasteiger partial charge in [0.05, 0.1) is 0 Å². The Morgan fingerprint density at radius 1 is 0.500 bits per heavy atom. The van der Waals surface area contributed by atoms with Gasteiger partial charge in [0.2, 0.25) is 0 Å². The molecule has 0 rings (SSSR count). The molecule has 8 N–H and O–H groups in total. The van der Waals surface area contributed by atoms with Crippen molar-refractivity contribution >= 4 is 0 Å². The summed E-state index contributed by atoms with van der Waals surface area (Å²) in [4.78, 5) is 0.